The van der Waals surface area contributed by atoms with Crippen LogP contribution in [0.3, 0.4) is 0 Å². The summed E-state index contributed by atoms with van der Waals surface area (Å²) in [5.41, 5.74) is 1.40. The molecule has 0 saturated heterocycles. The number of nitrogens with one attached hydrogen (secondary N) is 1. The number of carbonyl (C=O) groups is 1. The molecule has 0 aliphatic heterocycles. The van der Waals surface area contributed by atoms with Crippen LogP contribution in [0.2, 0.25) is 0 Å². The molecule has 0 radical (unpaired) electrons. The third-order valence-electron chi connectivity index (χ3n) is 4.91. The van der Waals surface area contributed by atoms with E-state index in [0.29, 0.717) is 17.4 Å². The Morgan fingerprint density at radius 1 is 1.09 bits per heavy atom. The molecule has 0 saturated carbocycles. The second-order valence-corrected chi connectivity index (χ2v) is 10.4. The topological polar surface area (TPSA) is 110 Å². The zero-order valence-electron chi connectivity index (χ0n) is 18.4. The maximum absolute atomic E-state index is 12.9. The van der Waals surface area contributed by atoms with Crippen molar-refractivity contribution in [1.29, 1.82) is 0 Å². The Labute approximate surface area is 201 Å². The van der Waals surface area contributed by atoms with E-state index in [4.69, 9.17) is 4.42 Å². The molecule has 1 amide bonds. The zero-order chi connectivity index (χ0) is 24.0. The lowest BCUT2D eigenvalue weighted by molar-refractivity contribution is -0.113. The summed E-state index contributed by atoms with van der Waals surface area (Å²) in [5, 5.41) is 11.3. The van der Waals surface area contributed by atoms with E-state index in [1.165, 1.54) is 28.2 Å². The fraction of sp³-hybridized carbons (Fsp3) is 0.174. The molecule has 34 heavy (non-hydrogen) atoms. The van der Waals surface area contributed by atoms with Crippen molar-refractivity contribution in [2.24, 2.45) is 0 Å². The van der Waals surface area contributed by atoms with Crippen molar-refractivity contribution in [3.63, 3.8) is 0 Å². The first-order valence-corrected chi connectivity index (χ1v) is 12.8. The number of aromatic nitrogens is 3. The van der Waals surface area contributed by atoms with Crippen molar-refractivity contribution >= 4 is 33.4 Å². The largest absolute Gasteiger partial charge is 0.467 e. The van der Waals surface area contributed by atoms with E-state index in [-0.39, 0.29) is 23.1 Å². The first-order chi connectivity index (χ1) is 16.4. The van der Waals surface area contributed by atoms with Crippen molar-refractivity contribution in [3.8, 4) is 0 Å². The van der Waals surface area contributed by atoms with Crippen LogP contribution in [0.5, 0.6) is 0 Å². The first-order valence-electron chi connectivity index (χ1n) is 10.3. The molecule has 1 N–H and O–H groups in total. The molecule has 2 aromatic carbocycles. The molecular weight excluding hydrogens is 474 g/mol. The van der Waals surface area contributed by atoms with Gasteiger partial charge in [0, 0.05) is 19.3 Å². The summed E-state index contributed by atoms with van der Waals surface area (Å²) in [5.74, 6) is 0.640. The molecule has 0 aliphatic carbocycles. The van der Waals surface area contributed by atoms with E-state index >= 15 is 0 Å². The van der Waals surface area contributed by atoms with Crippen LogP contribution >= 0.6 is 11.8 Å². The minimum Gasteiger partial charge on any atom is -0.467 e. The van der Waals surface area contributed by atoms with Crippen LogP contribution < -0.4 is 5.32 Å². The smallest absolute Gasteiger partial charge is 0.243 e. The molecule has 4 rings (SSSR count). The summed E-state index contributed by atoms with van der Waals surface area (Å²) in [4.78, 5) is 12.6. The zero-order valence-corrected chi connectivity index (χ0v) is 20.0. The fourth-order valence-corrected chi connectivity index (χ4v) is 5.05. The Hall–Kier alpha value is -3.41. The van der Waals surface area contributed by atoms with Crippen LogP contribution in [0.1, 0.15) is 11.3 Å². The number of rotatable bonds is 10. The number of benzene rings is 2. The molecule has 0 bridgehead atoms. The molecular formula is C23H23N5O4S2. The van der Waals surface area contributed by atoms with Gasteiger partial charge in [0.15, 0.2) is 5.16 Å². The van der Waals surface area contributed by atoms with Gasteiger partial charge >= 0.3 is 0 Å². The number of hydrogen-bond acceptors (Lipinski definition) is 7. The third-order valence-corrected chi connectivity index (χ3v) is 7.71. The Balaban J connectivity index is 1.32. The molecule has 11 heteroatoms. The highest BCUT2D eigenvalue weighted by Gasteiger charge is 2.21. The number of amides is 1. The Morgan fingerprint density at radius 2 is 1.85 bits per heavy atom. The van der Waals surface area contributed by atoms with Crippen LogP contribution in [0.25, 0.3) is 0 Å². The van der Waals surface area contributed by atoms with Gasteiger partial charge in [-0.25, -0.2) is 8.42 Å². The quantitative estimate of drug-likeness (QED) is 0.334. The summed E-state index contributed by atoms with van der Waals surface area (Å²) < 4.78 is 34.2. The summed E-state index contributed by atoms with van der Waals surface area (Å²) in [6.07, 6.45) is 3.18. The summed E-state index contributed by atoms with van der Waals surface area (Å²) >= 11 is 1.25. The minimum atomic E-state index is -3.66. The highest BCUT2D eigenvalue weighted by Crippen LogP contribution is 2.20. The van der Waals surface area contributed by atoms with Crippen LogP contribution in [-0.4, -0.2) is 46.2 Å². The lowest BCUT2D eigenvalue weighted by Crippen LogP contribution is -2.26. The lowest BCUT2D eigenvalue weighted by Gasteiger charge is -2.17. The SMILES string of the molecule is CN(Cc1ccccc1)S(=O)(=O)c1ccc(NC(=O)CSc2nncn2Cc2ccco2)cc1. The average molecular weight is 498 g/mol. The molecule has 4 aromatic rings. The molecule has 0 fully saturated rings. The molecule has 0 spiro atoms. The molecule has 0 aliphatic rings. The number of thioether (sulfide) groups is 1. The second-order valence-electron chi connectivity index (χ2n) is 7.43. The van der Waals surface area contributed by atoms with Crippen molar-refractivity contribution in [3.05, 3.63) is 90.6 Å². The number of nitrogens with zero attached hydrogens (tertiary/aromatic N) is 4. The van der Waals surface area contributed by atoms with Gasteiger partial charge in [0.1, 0.15) is 12.1 Å². The number of sulfonamides is 1. The molecule has 9 nitrogen and oxygen atoms in total. The van der Waals surface area contributed by atoms with Gasteiger partial charge in [0.25, 0.3) is 0 Å². The monoisotopic (exact) mass is 497 g/mol. The predicted octanol–water partition coefficient (Wildman–Crippen LogP) is 3.47. The standard InChI is InChI=1S/C23H23N5O4S2/c1-27(14-18-6-3-2-4-7-18)34(30,31)21-11-9-19(10-12-21)25-22(29)16-33-23-26-24-17-28(23)15-20-8-5-13-32-20/h2-13,17H,14-16H2,1H3,(H,25,29). The number of furan rings is 1. The summed E-state index contributed by atoms with van der Waals surface area (Å²) in [6.45, 7) is 0.738. The van der Waals surface area contributed by atoms with E-state index in [2.05, 4.69) is 15.5 Å². The number of carbonyl (C=O) groups excluding carboxylic acids is 1. The van der Waals surface area contributed by atoms with Crippen LogP contribution in [0, 0.1) is 0 Å². The number of hydrogen-bond donors (Lipinski definition) is 1. The van der Waals surface area contributed by atoms with Gasteiger partial charge in [0.05, 0.1) is 23.5 Å². The van der Waals surface area contributed by atoms with Gasteiger partial charge < -0.3 is 14.3 Å². The molecule has 0 atom stereocenters. The highest BCUT2D eigenvalue weighted by molar-refractivity contribution is 7.99. The van der Waals surface area contributed by atoms with E-state index in [0.717, 1.165) is 11.3 Å². The highest BCUT2D eigenvalue weighted by atomic mass is 32.2. The van der Waals surface area contributed by atoms with E-state index in [1.807, 2.05) is 36.4 Å². The van der Waals surface area contributed by atoms with Gasteiger partial charge in [0.2, 0.25) is 15.9 Å². The maximum atomic E-state index is 12.9. The van der Waals surface area contributed by atoms with Gasteiger partial charge in [-0.05, 0) is 42.0 Å². The first kappa shape index (κ1) is 23.7. The van der Waals surface area contributed by atoms with Crippen molar-refractivity contribution < 1.29 is 17.6 Å². The van der Waals surface area contributed by atoms with E-state index in [1.54, 1.807) is 42.4 Å². The second kappa shape index (κ2) is 10.7. The van der Waals surface area contributed by atoms with Crippen LogP contribution in [0.15, 0.2) is 93.8 Å². The molecule has 0 unspecified atom stereocenters. The summed E-state index contributed by atoms with van der Waals surface area (Å²) in [6, 6.07) is 19.2. The average Bonchev–Trinajstić information content (AvgIpc) is 3.51. The van der Waals surface area contributed by atoms with Crippen LogP contribution in [-0.2, 0) is 27.9 Å². The molecule has 176 valence electrons. The van der Waals surface area contributed by atoms with Gasteiger partial charge in [-0.15, -0.1) is 10.2 Å². The third kappa shape index (κ3) is 5.93. The van der Waals surface area contributed by atoms with Gasteiger partial charge in [-0.3, -0.25) is 4.79 Å². The van der Waals surface area contributed by atoms with Gasteiger partial charge in [-0.2, -0.15) is 4.31 Å². The Kier molecular flexibility index (Phi) is 7.46. The van der Waals surface area contributed by atoms with E-state index in [9.17, 15) is 13.2 Å². The Morgan fingerprint density at radius 3 is 2.56 bits per heavy atom. The van der Waals surface area contributed by atoms with Crippen molar-refractivity contribution in [2.75, 3.05) is 18.1 Å². The van der Waals surface area contributed by atoms with Crippen LogP contribution in [0.4, 0.5) is 5.69 Å². The van der Waals surface area contributed by atoms with Gasteiger partial charge in [-0.1, -0.05) is 42.1 Å². The van der Waals surface area contributed by atoms with Crippen molar-refractivity contribution in [2.45, 2.75) is 23.1 Å². The molecule has 2 heterocycles. The predicted molar refractivity (Wildman–Crippen MR) is 129 cm³/mol. The Bertz CT molecular complexity index is 1320. The number of anilines is 1. The minimum absolute atomic E-state index is 0.122. The molecule has 2 aromatic heterocycles. The van der Waals surface area contributed by atoms with E-state index < -0.39 is 10.0 Å². The fourth-order valence-electron chi connectivity index (χ4n) is 3.18. The summed E-state index contributed by atoms with van der Waals surface area (Å²) in [7, 11) is -2.12. The van der Waals surface area contributed by atoms with Crippen molar-refractivity contribution in [1.82, 2.24) is 19.1 Å². The maximum Gasteiger partial charge on any atom is 0.243 e. The lowest BCUT2D eigenvalue weighted by atomic mass is 10.2. The normalized spacial score (nSPS) is 11.6.